The zero-order valence-electron chi connectivity index (χ0n) is 3.38. The molecule has 0 rings (SSSR count). The topological polar surface area (TPSA) is 103 Å². The second kappa shape index (κ2) is 9.22. The maximum absolute atomic E-state index is 8.25. The van der Waals surface area contributed by atoms with E-state index in [1.807, 2.05) is 0 Å². The first-order chi connectivity index (χ1) is 1.73. The molecule has 0 aliphatic carbocycles. The van der Waals surface area contributed by atoms with E-state index in [1.165, 1.54) is 0 Å². The molecular formula is H4BaN2O3. The van der Waals surface area contributed by atoms with E-state index in [1.54, 1.807) is 0 Å². The second-order valence-corrected chi connectivity index (χ2v) is 0.224. The molecule has 0 spiro atoms. The molecule has 6 heteroatoms. The maximum Gasteiger partial charge on any atom is 0.0689 e. The minimum absolute atomic E-state index is 0. The van der Waals surface area contributed by atoms with Crippen molar-refractivity contribution in [3.05, 3.63) is 15.3 Å². The van der Waals surface area contributed by atoms with E-state index in [9.17, 15) is 0 Å². The summed E-state index contributed by atoms with van der Waals surface area (Å²) in [5.74, 6) is 0. The summed E-state index contributed by atoms with van der Waals surface area (Å²) in [4.78, 5) is 8.25. The van der Waals surface area contributed by atoms with Crippen molar-refractivity contribution >= 4 is 48.9 Å². The van der Waals surface area contributed by atoms with Crippen LogP contribution in [0.1, 0.15) is 0 Å². The van der Waals surface area contributed by atoms with Gasteiger partial charge in [-0.2, -0.15) is 0 Å². The average Bonchev–Trinajstić information content (AvgIpc) is 0.811. The quantitative estimate of drug-likeness (QED) is 0.344. The number of rotatable bonds is 0. The summed E-state index contributed by atoms with van der Waals surface area (Å²) in [6.07, 6.45) is 0. The van der Waals surface area contributed by atoms with Gasteiger partial charge in [0.1, 0.15) is 0 Å². The van der Waals surface area contributed by atoms with Crippen LogP contribution < -0.4 is 6.15 Å². The van der Waals surface area contributed by atoms with Crippen molar-refractivity contribution in [2.45, 2.75) is 0 Å². The van der Waals surface area contributed by atoms with Crippen LogP contribution >= 0.6 is 0 Å². The zero-order chi connectivity index (χ0) is 3.58. The third-order valence-electron chi connectivity index (χ3n) is 0. The van der Waals surface area contributed by atoms with Gasteiger partial charge in [0.2, 0.25) is 0 Å². The van der Waals surface area contributed by atoms with Gasteiger partial charge in [-0.1, -0.05) is 0 Å². The first-order valence-corrected chi connectivity index (χ1v) is 0.548. The smallest absolute Gasteiger partial charge is 0.0689 e. The van der Waals surface area contributed by atoms with Crippen molar-refractivity contribution in [3.8, 4) is 0 Å². The zero-order valence-corrected chi connectivity index (χ0v) is 7.82. The Kier molecular flexibility index (Phi) is 24.4. The molecule has 0 saturated carbocycles. The van der Waals surface area contributed by atoms with Crippen molar-refractivity contribution in [1.82, 2.24) is 6.15 Å². The molecule has 5 nitrogen and oxygen atoms in total. The number of hydrogen-bond donors (Lipinski definition) is 1. The molecule has 0 heterocycles. The van der Waals surface area contributed by atoms with Gasteiger partial charge in [0.25, 0.3) is 0 Å². The van der Waals surface area contributed by atoms with Crippen molar-refractivity contribution in [3.63, 3.8) is 0 Å². The Morgan fingerprint density at radius 2 is 1.33 bits per heavy atom. The van der Waals surface area contributed by atoms with Crippen LogP contribution in [0.4, 0.5) is 0 Å². The summed E-state index contributed by atoms with van der Waals surface area (Å²) in [7, 11) is 0. The van der Waals surface area contributed by atoms with Gasteiger partial charge in [0.05, 0.1) is 5.09 Å². The molecule has 0 atom stereocenters. The summed E-state index contributed by atoms with van der Waals surface area (Å²) in [5.41, 5.74) is 0. The Balaban J connectivity index is -0.0000000450. The van der Waals surface area contributed by atoms with Gasteiger partial charge in [-0.3, -0.25) is 0 Å². The van der Waals surface area contributed by atoms with Crippen LogP contribution in [0.15, 0.2) is 0 Å². The van der Waals surface area contributed by atoms with Crippen LogP contribution in [0.2, 0.25) is 0 Å². The molecule has 0 unspecified atom stereocenters. The molecule has 34 valence electrons. The SMILES string of the molecule is O=[N+]([O-])[O-].[Ba].[NH4+]. The third-order valence-corrected chi connectivity index (χ3v) is 0. The van der Waals surface area contributed by atoms with Gasteiger partial charge in [-0.25, -0.2) is 0 Å². The predicted octanol–water partition coefficient (Wildman–Crippen LogP) is -0.244. The molecule has 0 aromatic rings. The molecule has 2 radical (unpaired) electrons. The first kappa shape index (κ1) is 15.9. The van der Waals surface area contributed by atoms with E-state index >= 15 is 0 Å². The van der Waals surface area contributed by atoms with Gasteiger partial charge >= 0.3 is 0 Å². The van der Waals surface area contributed by atoms with Gasteiger partial charge < -0.3 is 21.5 Å². The van der Waals surface area contributed by atoms with Crippen molar-refractivity contribution < 1.29 is 5.09 Å². The summed E-state index contributed by atoms with van der Waals surface area (Å²) < 4.78 is 0. The fourth-order valence-corrected chi connectivity index (χ4v) is 0. The van der Waals surface area contributed by atoms with Crippen LogP contribution in [0.3, 0.4) is 0 Å². The minimum Gasteiger partial charge on any atom is -0.369 e. The average molecular weight is 217 g/mol. The minimum atomic E-state index is -1.75. The van der Waals surface area contributed by atoms with Crippen LogP contribution in [0.5, 0.6) is 0 Å². The van der Waals surface area contributed by atoms with Crippen LogP contribution in [-0.4, -0.2) is 54.0 Å². The molecule has 6 heavy (non-hydrogen) atoms. The normalized spacial score (nSPS) is 4.00. The molecule has 0 aliphatic heterocycles. The Morgan fingerprint density at radius 1 is 1.33 bits per heavy atom. The van der Waals surface area contributed by atoms with Crippen LogP contribution in [0.25, 0.3) is 0 Å². The van der Waals surface area contributed by atoms with Gasteiger partial charge in [-0.05, 0) is 0 Å². The van der Waals surface area contributed by atoms with E-state index in [-0.39, 0.29) is 55.0 Å². The standard InChI is InChI=1S/Ba.NO3.H3N/c;2-1(3)4;/h;;1H3/q;-1;/p+1. The van der Waals surface area contributed by atoms with E-state index in [4.69, 9.17) is 15.3 Å². The Labute approximate surface area is 74.5 Å². The molecule has 0 aromatic heterocycles. The molecule has 0 fully saturated rings. The van der Waals surface area contributed by atoms with Crippen LogP contribution in [0, 0.1) is 15.3 Å². The van der Waals surface area contributed by atoms with Gasteiger partial charge in [-0.15, -0.1) is 0 Å². The van der Waals surface area contributed by atoms with Crippen molar-refractivity contribution in [2.75, 3.05) is 0 Å². The van der Waals surface area contributed by atoms with E-state index < -0.39 is 5.09 Å². The Bertz CT molecular complexity index is 31.8. The number of nitrogens with zero attached hydrogens (tertiary/aromatic N) is 1. The van der Waals surface area contributed by atoms with Crippen LogP contribution in [-0.2, 0) is 0 Å². The molecule has 0 aliphatic rings. The number of hydrogen-bond acceptors (Lipinski definition) is 3. The molecule has 0 amide bonds. The van der Waals surface area contributed by atoms with Gasteiger partial charge in [0.15, 0.2) is 0 Å². The molecule has 4 N–H and O–H groups in total. The van der Waals surface area contributed by atoms with E-state index in [0.29, 0.717) is 0 Å². The molecule has 0 saturated heterocycles. The molecule has 0 aromatic carbocycles. The summed E-state index contributed by atoms with van der Waals surface area (Å²) in [6, 6.07) is 0. The molecule has 0 bridgehead atoms. The Morgan fingerprint density at radius 3 is 1.33 bits per heavy atom. The monoisotopic (exact) mass is 218 g/mol. The molecular weight excluding hydrogens is 213 g/mol. The first-order valence-electron chi connectivity index (χ1n) is 0.548. The maximum atomic E-state index is 8.25. The van der Waals surface area contributed by atoms with Crippen molar-refractivity contribution in [2.24, 2.45) is 0 Å². The summed E-state index contributed by atoms with van der Waals surface area (Å²) in [5, 5.41) is 14.8. The van der Waals surface area contributed by atoms with Gasteiger partial charge in [0, 0.05) is 48.9 Å². The predicted molar refractivity (Wildman–Crippen MR) is 22.1 cm³/mol. The fourth-order valence-electron chi connectivity index (χ4n) is 0. The summed E-state index contributed by atoms with van der Waals surface area (Å²) >= 11 is 0. The van der Waals surface area contributed by atoms with Crippen molar-refractivity contribution in [1.29, 1.82) is 0 Å². The fraction of sp³-hybridized carbons (Fsp3) is 0. The van der Waals surface area contributed by atoms with E-state index in [2.05, 4.69) is 0 Å². The summed E-state index contributed by atoms with van der Waals surface area (Å²) in [6.45, 7) is 0. The Hall–Kier alpha value is 0.731. The largest absolute Gasteiger partial charge is 0.369 e. The van der Waals surface area contributed by atoms with E-state index in [0.717, 1.165) is 0 Å². The third kappa shape index (κ3) is 123. The number of quaternary nitrogens is 1. The second-order valence-electron chi connectivity index (χ2n) is 0.224.